The summed E-state index contributed by atoms with van der Waals surface area (Å²) in [5.74, 6) is 0.541. The molecule has 0 aromatic heterocycles. The fourth-order valence-electron chi connectivity index (χ4n) is 2.53. The van der Waals surface area contributed by atoms with Crippen molar-refractivity contribution in [1.82, 2.24) is 0 Å². The number of benzene rings is 2. The molecule has 0 saturated carbocycles. The molecule has 1 N–H and O–H groups in total. The fraction of sp³-hybridized carbons (Fsp3) is 0.333. The smallest absolute Gasteiger partial charge is 0.0790 e. The summed E-state index contributed by atoms with van der Waals surface area (Å²) in [6.45, 7) is 2.21. The van der Waals surface area contributed by atoms with Crippen LogP contribution >= 0.6 is 0 Å². The van der Waals surface area contributed by atoms with Gasteiger partial charge in [0.1, 0.15) is 0 Å². The molecule has 0 amide bonds. The van der Waals surface area contributed by atoms with Crippen molar-refractivity contribution in [3.8, 4) is 0 Å². The van der Waals surface area contributed by atoms with E-state index in [0.29, 0.717) is 5.92 Å². The first-order chi connectivity index (χ1) is 9.31. The number of rotatable bonds is 6. The Morgan fingerprint density at radius 3 is 1.84 bits per heavy atom. The zero-order chi connectivity index (χ0) is 13.5. The van der Waals surface area contributed by atoms with E-state index in [9.17, 15) is 5.11 Å². The first-order valence-corrected chi connectivity index (χ1v) is 7.09. The molecule has 0 spiro atoms. The van der Waals surface area contributed by atoms with Gasteiger partial charge in [-0.25, -0.2) is 0 Å². The second kappa shape index (κ2) is 7.10. The average Bonchev–Trinajstić information content (AvgIpc) is 2.49. The van der Waals surface area contributed by atoms with Crippen LogP contribution in [-0.4, -0.2) is 5.11 Å². The minimum atomic E-state index is -0.348. The van der Waals surface area contributed by atoms with E-state index in [4.69, 9.17) is 0 Å². The molecule has 19 heavy (non-hydrogen) atoms. The summed E-state index contributed by atoms with van der Waals surface area (Å²) in [6, 6.07) is 20.5. The van der Waals surface area contributed by atoms with Gasteiger partial charge in [0.15, 0.2) is 0 Å². The van der Waals surface area contributed by atoms with Crippen LogP contribution in [0.2, 0.25) is 0 Å². The molecule has 2 rings (SSSR count). The van der Waals surface area contributed by atoms with Crippen molar-refractivity contribution < 1.29 is 5.11 Å². The number of hydrogen-bond acceptors (Lipinski definition) is 1. The maximum Gasteiger partial charge on any atom is 0.0790 e. The molecule has 0 saturated heterocycles. The third kappa shape index (κ3) is 3.93. The summed E-state index contributed by atoms with van der Waals surface area (Å²) in [5.41, 5.74) is 2.40. The fourth-order valence-corrected chi connectivity index (χ4v) is 2.53. The van der Waals surface area contributed by atoms with E-state index >= 15 is 0 Å². The van der Waals surface area contributed by atoms with Gasteiger partial charge in [0.25, 0.3) is 0 Å². The first-order valence-electron chi connectivity index (χ1n) is 7.09. The van der Waals surface area contributed by atoms with E-state index in [1.807, 2.05) is 30.3 Å². The second-order valence-electron chi connectivity index (χ2n) is 5.02. The van der Waals surface area contributed by atoms with Gasteiger partial charge in [-0.15, -0.1) is 0 Å². The van der Waals surface area contributed by atoms with Gasteiger partial charge in [0.2, 0.25) is 0 Å². The quantitative estimate of drug-likeness (QED) is 0.792. The summed E-state index contributed by atoms with van der Waals surface area (Å²) in [7, 11) is 0. The molecule has 0 aliphatic carbocycles. The summed E-state index contributed by atoms with van der Waals surface area (Å²) in [4.78, 5) is 0. The van der Waals surface area contributed by atoms with Crippen LogP contribution in [0, 0.1) is 0 Å². The third-order valence-corrected chi connectivity index (χ3v) is 3.74. The van der Waals surface area contributed by atoms with Crippen molar-refractivity contribution in [1.29, 1.82) is 0 Å². The van der Waals surface area contributed by atoms with Gasteiger partial charge in [-0.2, -0.15) is 0 Å². The van der Waals surface area contributed by atoms with Crippen LogP contribution in [0.5, 0.6) is 0 Å². The maximum atomic E-state index is 10.2. The van der Waals surface area contributed by atoms with Gasteiger partial charge in [-0.1, -0.05) is 67.6 Å². The van der Waals surface area contributed by atoms with Crippen LogP contribution in [0.15, 0.2) is 60.7 Å². The lowest BCUT2D eigenvalue weighted by Gasteiger charge is -2.18. The molecule has 2 atom stereocenters. The molecule has 2 aromatic carbocycles. The van der Waals surface area contributed by atoms with E-state index in [0.717, 1.165) is 24.8 Å². The highest BCUT2D eigenvalue weighted by Crippen LogP contribution is 2.28. The molecule has 0 aliphatic heterocycles. The Hall–Kier alpha value is -1.60. The zero-order valence-corrected chi connectivity index (χ0v) is 11.5. The normalized spacial score (nSPS) is 14.0. The summed E-state index contributed by atoms with van der Waals surface area (Å²) in [5, 5.41) is 10.2. The summed E-state index contributed by atoms with van der Waals surface area (Å²) >= 11 is 0. The third-order valence-electron chi connectivity index (χ3n) is 3.74. The van der Waals surface area contributed by atoms with E-state index in [1.54, 1.807) is 0 Å². The molecule has 0 bridgehead atoms. The monoisotopic (exact) mass is 254 g/mol. The van der Waals surface area contributed by atoms with Crippen molar-refractivity contribution in [2.75, 3.05) is 0 Å². The minimum Gasteiger partial charge on any atom is -0.388 e. The molecule has 0 aliphatic rings. The van der Waals surface area contributed by atoms with Crippen LogP contribution in [0.1, 0.15) is 49.3 Å². The van der Waals surface area contributed by atoms with Crippen molar-refractivity contribution in [3.63, 3.8) is 0 Å². The highest BCUT2D eigenvalue weighted by molar-refractivity contribution is 5.20. The van der Waals surface area contributed by atoms with Crippen LogP contribution in [0.4, 0.5) is 0 Å². The van der Waals surface area contributed by atoms with Gasteiger partial charge in [-0.3, -0.25) is 0 Å². The lowest BCUT2D eigenvalue weighted by molar-refractivity contribution is 0.161. The van der Waals surface area contributed by atoms with Gasteiger partial charge in [-0.05, 0) is 36.3 Å². The molecular formula is C18H22O. The van der Waals surface area contributed by atoms with E-state index in [1.165, 1.54) is 5.56 Å². The molecule has 0 radical (unpaired) electrons. The van der Waals surface area contributed by atoms with Crippen LogP contribution < -0.4 is 0 Å². The van der Waals surface area contributed by atoms with Gasteiger partial charge in [0.05, 0.1) is 6.10 Å². The second-order valence-corrected chi connectivity index (χ2v) is 5.02. The predicted octanol–water partition coefficient (Wildman–Crippen LogP) is 4.69. The van der Waals surface area contributed by atoms with Gasteiger partial charge >= 0.3 is 0 Å². The SMILES string of the molecule is CC[C@H](CC[C@@H](O)c1ccccc1)c1ccccc1. The Balaban J connectivity index is 1.94. The zero-order valence-electron chi connectivity index (χ0n) is 11.5. The highest BCUT2D eigenvalue weighted by Gasteiger charge is 2.13. The Labute approximate surface area is 115 Å². The topological polar surface area (TPSA) is 20.2 Å². The largest absolute Gasteiger partial charge is 0.388 e. The van der Waals surface area contributed by atoms with Gasteiger partial charge in [0, 0.05) is 0 Å². The minimum absolute atomic E-state index is 0.348. The molecule has 0 fully saturated rings. The maximum absolute atomic E-state index is 10.2. The summed E-state index contributed by atoms with van der Waals surface area (Å²) in [6.07, 6.45) is 2.61. The van der Waals surface area contributed by atoms with Crippen molar-refractivity contribution in [3.05, 3.63) is 71.8 Å². The Morgan fingerprint density at radius 1 is 0.789 bits per heavy atom. The standard InChI is InChI=1S/C18H22O/c1-2-15(16-9-5-3-6-10-16)13-14-18(19)17-11-7-4-8-12-17/h3-12,15,18-19H,2,13-14H2,1H3/t15-,18-/m1/s1. The first kappa shape index (κ1) is 13.8. The molecule has 100 valence electrons. The number of aliphatic hydroxyl groups is 1. The van der Waals surface area contributed by atoms with E-state index in [2.05, 4.69) is 37.3 Å². The number of aliphatic hydroxyl groups excluding tert-OH is 1. The number of hydrogen-bond donors (Lipinski definition) is 1. The lowest BCUT2D eigenvalue weighted by Crippen LogP contribution is -2.03. The molecule has 2 aromatic rings. The van der Waals surface area contributed by atoms with Crippen LogP contribution in [0.3, 0.4) is 0 Å². The molecule has 1 heteroatoms. The van der Waals surface area contributed by atoms with Gasteiger partial charge < -0.3 is 5.11 Å². The van der Waals surface area contributed by atoms with Crippen molar-refractivity contribution in [2.24, 2.45) is 0 Å². The van der Waals surface area contributed by atoms with E-state index < -0.39 is 0 Å². The predicted molar refractivity (Wildman–Crippen MR) is 80.1 cm³/mol. The van der Waals surface area contributed by atoms with Crippen LogP contribution in [0.25, 0.3) is 0 Å². The molecule has 1 nitrogen and oxygen atoms in total. The van der Waals surface area contributed by atoms with Crippen LogP contribution in [-0.2, 0) is 0 Å². The summed E-state index contributed by atoms with van der Waals surface area (Å²) < 4.78 is 0. The highest BCUT2D eigenvalue weighted by atomic mass is 16.3. The Morgan fingerprint density at radius 2 is 1.32 bits per heavy atom. The Bertz CT molecular complexity index is 464. The lowest BCUT2D eigenvalue weighted by atomic mass is 9.90. The van der Waals surface area contributed by atoms with E-state index in [-0.39, 0.29) is 6.10 Å². The van der Waals surface area contributed by atoms with Crippen molar-refractivity contribution >= 4 is 0 Å². The molecule has 0 heterocycles. The molecule has 0 unspecified atom stereocenters. The average molecular weight is 254 g/mol. The Kier molecular flexibility index (Phi) is 5.17. The van der Waals surface area contributed by atoms with Crippen molar-refractivity contribution in [2.45, 2.75) is 38.2 Å². The molecular weight excluding hydrogens is 232 g/mol.